The highest BCUT2D eigenvalue weighted by molar-refractivity contribution is 5.25. The van der Waals surface area contributed by atoms with Gasteiger partial charge in [-0.05, 0) is 0 Å². The second-order valence-electron chi connectivity index (χ2n) is 2.91. The molecule has 3 nitrogen and oxygen atoms in total. The Kier molecular flexibility index (Phi) is 2.51. The maximum atomic E-state index is 12.4. The summed E-state index contributed by atoms with van der Waals surface area (Å²) in [5.74, 6) is 0. The van der Waals surface area contributed by atoms with Crippen molar-refractivity contribution >= 4 is 0 Å². The van der Waals surface area contributed by atoms with E-state index < -0.39 is 17.9 Å². The summed E-state index contributed by atoms with van der Waals surface area (Å²) in [4.78, 5) is 3.04. The molecule has 0 aliphatic rings. The Labute approximate surface area is 79.0 Å². The minimum Gasteiger partial charge on any atom is -0.309 e. The number of alkyl halides is 3. The van der Waals surface area contributed by atoms with Crippen molar-refractivity contribution in [3.05, 3.63) is 28.9 Å². The molecule has 0 N–H and O–H groups in total. The van der Waals surface area contributed by atoms with E-state index in [2.05, 4.69) is 9.94 Å². The standard InChI is InChI=1S/C8H8F3N3/c1-5(12-2)6-4-14(3)13-7(6)8(9,10)11/h4-5H,1,3H3. The number of rotatable bonds is 1. The first-order valence-corrected chi connectivity index (χ1v) is 3.83. The van der Waals surface area contributed by atoms with Gasteiger partial charge in [0.25, 0.3) is 0 Å². The molecule has 1 aromatic rings. The Bertz CT molecular complexity index is 372. The van der Waals surface area contributed by atoms with Crippen LogP contribution in [0.25, 0.3) is 4.85 Å². The third-order valence-electron chi connectivity index (χ3n) is 1.77. The van der Waals surface area contributed by atoms with E-state index in [4.69, 9.17) is 6.57 Å². The summed E-state index contributed by atoms with van der Waals surface area (Å²) in [6.45, 7) is 8.09. The molecule has 1 rings (SSSR count). The molecular formula is C8H8F3N3. The molecule has 0 aliphatic carbocycles. The lowest BCUT2D eigenvalue weighted by Crippen LogP contribution is -2.10. The molecule has 0 aliphatic heterocycles. The van der Waals surface area contributed by atoms with E-state index >= 15 is 0 Å². The fourth-order valence-corrected chi connectivity index (χ4v) is 1.10. The van der Waals surface area contributed by atoms with Crippen molar-refractivity contribution in [1.82, 2.24) is 9.78 Å². The molecule has 0 spiro atoms. The van der Waals surface area contributed by atoms with E-state index in [1.807, 2.05) is 0 Å². The lowest BCUT2D eigenvalue weighted by Gasteiger charge is -2.04. The molecule has 1 heterocycles. The summed E-state index contributed by atoms with van der Waals surface area (Å²) in [6, 6.07) is -0.819. The van der Waals surface area contributed by atoms with Crippen molar-refractivity contribution in [2.75, 3.05) is 0 Å². The van der Waals surface area contributed by atoms with Crippen molar-refractivity contribution in [3.63, 3.8) is 0 Å². The third-order valence-corrected chi connectivity index (χ3v) is 1.77. The molecule has 1 aromatic heterocycles. The molecule has 1 atom stereocenters. The second kappa shape index (κ2) is 3.33. The molecule has 0 bridgehead atoms. The van der Waals surface area contributed by atoms with Crippen molar-refractivity contribution in [2.45, 2.75) is 19.1 Å². The molecular weight excluding hydrogens is 195 g/mol. The summed E-state index contributed by atoms with van der Waals surface area (Å²) < 4.78 is 38.2. The van der Waals surface area contributed by atoms with Gasteiger partial charge in [0.05, 0.1) is 5.56 Å². The van der Waals surface area contributed by atoms with Crippen molar-refractivity contribution in [3.8, 4) is 0 Å². The number of aryl methyl sites for hydroxylation is 1. The number of aromatic nitrogens is 2. The van der Waals surface area contributed by atoms with Crippen molar-refractivity contribution in [1.29, 1.82) is 0 Å². The van der Waals surface area contributed by atoms with Crippen LogP contribution in [0.5, 0.6) is 0 Å². The van der Waals surface area contributed by atoms with Crippen LogP contribution >= 0.6 is 0 Å². The Morgan fingerprint density at radius 2 is 2.14 bits per heavy atom. The number of hydrogen-bond donors (Lipinski definition) is 0. The molecule has 0 amide bonds. The van der Waals surface area contributed by atoms with Gasteiger partial charge in [0.2, 0.25) is 6.04 Å². The first kappa shape index (κ1) is 10.6. The number of nitrogens with zero attached hydrogens (tertiary/aromatic N) is 3. The lowest BCUT2D eigenvalue weighted by atomic mass is 10.1. The van der Waals surface area contributed by atoms with Gasteiger partial charge in [-0.3, -0.25) is 4.68 Å². The van der Waals surface area contributed by atoms with Crippen LogP contribution < -0.4 is 0 Å². The predicted octanol–water partition coefficient (Wildman–Crippen LogP) is 2.42. The minimum atomic E-state index is -4.49. The van der Waals surface area contributed by atoms with Gasteiger partial charge in [-0.2, -0.15) is 18.3 Å². The van der Waals surface area contributed by atoms with E-state index in [9.17, 15) is 13.2 Å². The van der Waals surface area contributed by atoms with Gasteiger partial charge in [0.1, 0.15) is 0 Å². The molecule has 1 unspecified atom stereocenters. The van der Waals surface area contributed by atoms with Gasteiger partial charge in [0.15, 0.2) is 5.69 Å². The summed E-state index contributed by atoms with van der Waals surface area (Å²) in [5, 5.41) is 3.30. The van der Waals surface area contributed by atoms with Gasteiger partial charge < -0.3 is 4.85 Å². The van der Waals surface area contributed by atoms with Crippen LogP contribution in [0.4, 0.5) is 13.2 Å². The third kappa shape index (κ3) is 1.87. The van der Waals surface area contributed by atoms with Crippen LogP contribution in [0.1, 0.15) is 24.2 Å². The van der Waals surface area contributed by atoms with Gasteiger partial charge in [-0.1, -0.05) is 0 Å². The van der Waals surface area contributed by atoms with Gasteiger partial charge in [-0.25, -0.2) is 6.57 Å². The molecule has 0 radical (unpaired) electrons. The highest BCUT2D eigenvalue weighted by atomic mass is 19.4. The van der Waals surface area contributed by atoms with Crippen LogP contribution in [0.15, 0.2) is 6.20 Å². The maximum absolute atomic E-state index is 12.4. The fraction of sp³-hybridized carbons (Fsp3) is 0.500. The predicted molar refractivity (Wildman–Crippen MR) is 43.2 cm³/mol. The average Bonchev–Trinajstić information content (AvgIpc) is 2.45. The second-order valence-corrected chi connectivity index (χ2v) is 2.91. The van der Waals surface area contributed by atoms with Crippen LogP contribution in [0.2, 0.25) is 0 Å². The van der Waals surface area contributed by atoms with E-state index in [1.165, 1.54) is 20.2 Å². The first-order valence-electron chi connectivity index (χ1n) is 3.83. The summed E-state index contributed by atoms with van der Waals surface area (Å²) >= 11 is 0. The van der Waals surface area contributed by atoms with Gasteiger partial charge >= 0.3 is 6.18 Å². The van der Waals surface area contributed by atoms with Crippen LogP contribution in [0.3, 0.4) is 0 Å². The fourth-order valence-electron chi connectivity index (χ4n) is 1.10. The topological polar surface area (TPSA) is 22.2 Å². The first-order chi connectivity index (χ1) is 6.36. The minimum absolute atomic E-state index is 0.0741. The Morgan fingerprint density at radius 3 is 2.57 bits per heavy atom. The SMILES string of the molecule is [C-]#[N+]C(C)c1cn(C)nc1C(F)(F)F. The largest absolute Gasteiger partial charge is 0.435 e. The highest BCUT2D eigenvalue weighted by Gasteiger charge is 2.39. The highest BCUT2D eigenvalue weighted by Crippen LogP contribution is 2.34. The van der Waals surface area contributed by atoms with Crippen LogP contribution in [-0.4, -0.2) is 9.78 Å². The van der Waals surface area contributed by atoms with Crippen molar-refractivity contribution in [2.24, 2.45) is 7.05 Å². The van der Waals surface area contributed by atoms with E-state index in [0.29, 0.717) is 0 Å². The molecule has 0 saturated carbocycles. The summed E-state index contributed by atoms with van der Waals surface area (Å²) in [6.07, 6.45) is -3.26. The normalized spacial score (nSPS) is 13.7. The number of halogens is 3. The van der Waals surface area contributed by atoms with E-state index in [1.54, 1.807) is 0 Å². The van der Waals surface area contributed by atoms with E-state index in [0.717, 1.165) is 4.68 Å². The zero-order chi connectivity index (χ0) is 10.9. The summed E-state index contributed by atoms with van der Waals surface area (Å²) in [7, 11) is 1.40. The zero-order valence-corrected chi connectivity index (χ0v) is 7.63. The molecule has 0 saturated heterocycles. The molecule has 76 valence electrons. The Balaban J connectivity index is 3.24. The smallest absolute Gasteiger partial charge is 0.309 e. The quantitative estimate of drug-likeness (QED) is 0.642. The molecule has 14 heavy (non-hydrogen) atoms. The molecule has 0 fully saturated rings. The molecule has 0 aromatic carbocycles. The Hall–Kier alpha value is -1.51. The zero-order valence-electron chi connectivity index (χ0n) is 7.63. The molecule has 6 heteroatoms. The van der Waals surface area contributed by atoms with E-state index in [-0.39, 0.29) is 5.56 Å². The van der Waals surface area contributed by atoms with Gasteiger partial charge in [0, 0.05) is 20.2 Å². The Morgan fingerprint density at radius 1 is 1.57 bits per heavy atom. The van der Waals surface area contributed by atoms with Crippen LogP contribution in [-0.2, 0) is 13.2 Å². The maximum Gasteiger partial charge on any atom is 0.435 e. The van der Waals surface area contributed by atoms with Gasteiger partial charge in [-0.15, -0.1) is 0 Å². The monoisotopic (exact) mass is 203 g/mol. The summed E-state index contributed by atoms with van der Waals surface area (Å²) in [5.41, 5.74) is -1.04. The average molecular weight is 203 g/mol. The van der Waals surface area contributed by atoms with Crippen LogP contribution in [0, 0.1) is 6.57 Å². The number of hydrogen-bond acceptors (Lipinski definition) is 1. The van der Waals surface area contributed by atoms with Crippen molar-refractivity contribution < 1.29 is 13.2 Å². The lowest BCUT2D eigenvalue weighted by molar-refractivity contribution is -0.142.